The first-order valence-electron chi connectivity index (χ1n) is 9.63. The first kappa shape index (κ1) is 19.7. The van der Waals surface area contributed by atoms with E-state index < -0.39 is 10.0 Å². The van der Waals surface area contributed by atoms with E-state index in [9.17, 15) is 13.2 Å². The highest BCUT2D eigenvalue weighted by molar-refractivity contribution is 7.89. The number of carbonyl (C=O) groups excluding carboxylic acids is 1. The smallest absolute Gasteiger partial charge is 0.254 e. The molecule has 8 nitrogen and oxygen atoms in total. The number of hydrogen-bond donors (Lipinski definition) is 1. The van der Waals surface area contributed by atoms with Crippen LogP contribution in [0, 0.1) is 0 Å². The molecule has 2 heterocycles. The maximum Gasteiger partial charge on any atom is 0.254 e. The Hall–Kier alpha value is -2.65. The van der Waals surface area contributed by atoms with Crippen molar-refractivity contribution >= 4 is 21.7 Å². The normalized spacial score (nSPS) is 17.3. The molecule has 1 saturated carbocycles. The summed E-state index contributed by atoms with van der Waals surface area (Å²) in [4.78, 5) is 21.2. The Balaban J connectivity index is 1.49. The molecule has 0 bridgehead atoms. The quantitative estimate of drug-likeness (QED) is 0.767. The van der Waals surface area contributed by atoms with Gasteiger partial charge in [-0.1, -0.05) is 6.07 Å². The third-order valence-electron chi connectivity index (χ3n) is 5.14. The van der Waals surface area contributed by atoms with Gasteiger partial charge in [0, 0.05) is 44.0 Å². The summed E-state index contributed by atoms with van der Waals surface area (Å²) in [6, 6.07) is 10.3. The van der Waals surface area contributed by atoms with Crippen LogP contribution in [-0.2, 0) is 10.0 Å². The Morgan fingerprint density at radius 1 is 1.14 bits per heavy atom. The molecule has 2 aliphatic rings. The predicted octanol–water partition coefficient (Wildman–Crippen LogP) is 1.49. The van der Waals surface area contributed by atoms with E-state index in [2.05, 4.69) is 14.6 Å². The van der Waals surface area contributed by atoms with Crippen molar-refractivity contribution < 1.29 is 17.9 Å². The first-order valence-corrected chi connectivity index (χ1v) is 11.1. The van der Waals surface area contributed by atoms with E-state index in [0.717, 1.165) is 18.7 Å². The maximum atomic E-state index is 13.0. The van der Waals surface area contributed by atoms with Crippen molar-refractivity contribution in [3.05, 3.63) is 48.2 Å². The molecular weight excluding hydrogens is 392 g/mol. The minimum atomic E-state index is -3.73. The molecule has 1 N–H and O–H groups in total. The van der Waals surface area contributed by atoms with Gasteiger partial charge >= 0.3 is 0 Å². The zero-order valence-corrected chi connectivity index (χ0v) is 17.1. The van der Waals surface area contributed by atoms with Crippen LogP contribution in [-0.4, -0.2) is 63.5 Å². The molecule has 1 amide bonds. The standard InChI is InChI=1S/C20H24N4O4S/c1-28-17-8-5-15(14-18(17)29(26,27)22-16-6-7-16)20(25)24-12-10-23(11-13-24)19-4-2-3-9-21-19/h2-5,8-9,14,16,22H,6-7,10-13H2,1H3. The fourth-order valence-electron chi connectivity index (χ4n) is 3.37. The zero-order chi connectivity index (χ0) is 20.4. The van der Waals surface area contributed by atoms with Gasteiger partial charge in [-0.15, -0.1) is 0 Å². The Morgan fingerprint density at radius 2 is 1.90 bits per heavy atom. The molecule has 9 heteroatoms. The van der Waals surface area contributed by atoms with E-state index in [-0.39, 0.29) is 22.6 Å². The number of nitrogens with zero attached hydrogens (tertiary/aromatic N) is 3. The largest absolute Gasteiger partial charge is 0.495 e. The molecule has 2 fully saturated rings. The van der Waals surface area contributed by atoms with Gasteiger partial charge in [-0.2, -0.15) is 0 Å². The molecule has 0 unspecified atom stereocenters. The van der Waals surface area contributed by atoms with Crippen molar-refractivity contribution in [2.24, 2.45) is 0 Å². The summed E-state index contributed by atoms with van der Waals surface area (Å²) in [6.45, 7) is 2.44. The Labute approximate surface area is 170 Å². The molecule has 1 aliphatic heterocycles. The number of hydrogen-bond acceptors (Lipinski definition) is 6. The van der Waals surface area contributed by atoms with Gasteiger partial charge < -0.3 is 14.5 Å². The number of methoxy groups -OCH3 is 1. The zero-order valence-electron chi connectivity index (χ0n) is 16.2. The number of ether oxygens (including phenoxy) is 1. The van der Waals surface area contributed by atoms with Gasteiger partial charge in [0.1, 0.15) is 16.5 Å². The predicted molar refractivity (Wildman–Crippen MR) is 109 cm³/mol. The molecule has 2 aromatic rings. The van der Waals surface area contributed by atoms with E-state index in [0.29, 0.717) is 31.7 Å². The number of pyridine rings is 1. The fraction of sp³-hybridized carbons (Fsp3) is 0.400. The average Bonchev–Trinajstić information content (AvgIpc) is 3.57. The van der Waals surface area contributed by atoms with Gasteiger partial charge in [-0.3, -0.25) is 4.79 Å². The van der Waals surface area contributed by atoms with Crippen molar-refractivity contribution in [2.45, 2.75) is 23.8 Å². The number of anilines is 1. The third kappa shape index (κ3) is 4.35. The second-order valence-electron chi connectivity index (χ2n) is 7.23. The number of rotatable bonds is 6. The van der Waals surface area contributed by atoms with Gasteiger partial charge in [0.2, 0.25) is 10.0 Å². The molecule has 1 saturated heterocycles. The lowest BCUT2D eigenvalue weighted by Gasteiger charge is -2.35. The van der Waals surface area contributed by atoms with Crippen LogP contribution in [0.15, 0.2) is 47.5 Å². The molecule has 4 rings (SSSR count). The van der Waals surface area contributed by atoms with Crippen molar-refractivity contribution in [3.63, 3.8) is 0 Å². The number of carbonyl (C=O) groups is 1. The Morgan fingerprint density at radius 3 is 2.52 bits per heavy atom. The summed E-state index contributed by atoms with van der Waals surface area (Å²) < 4.78 is 33.2. The van der Waals surface area contributed by atoms with Gasteiger partial charge in [0.15, 0.2) is 0 Å². The molecule has 0 radical (unpaired) electrons. The Kier molecular flexibility index (Phi) is 5.42. The second-order valence-corrected chi connectivity index (χ2v) is 8.91. The number of nitrogens with one attached hydrogen (secondary N) is 1. The Bertz CT molecular complexity index is 985. The SMILES string of the molecule is COc1ccc(C(=O)N2CCN(c3ccccn3)CC2)cc1S(=O)(=O)NC1CC1. The lowest BCUT2D eigenvalue weighted by molar-refractivity contribution is 0.0746. The summed E-state index contributed by atoms with van der Waals surface area (Å²) in [5.74, 6) is 0.939. The number of aromatic nitrogens is 1. The summed E-state index contributed by atoms with van der Waals surface area (Å²) in [6.07, 6.45) is 3.42. The van der Waals surface area contributed by atoms with Crippen molar-refractivity contribution in [1.82, 2.24) is 14.6 Å². The molecule has 0 spiro atoms. The molecule has 1 aromatic carbocycles. The topological polar surface area (TPSA) is 91.8 Å². The van der Waals surface area contributed by atoms with Gasteiger partial charge in [-0.05, 0) is 43.2 Å². The van der Waals surface area contributed by atoms with Crippen LogP contribution in [0.1, 0.15) is 23.2 Å². The van der Waals surface area contributed by atoms with E-state index in [1.807, 2.05) is 18.2 Å². The minimum absolute atomic E-state index is 0.00451. The molecule has 0 atom stereocenters. The highest BCUT2D eigenvalue weighted by Crippen LogP contribution is 2.29. The number of sulfonamides is 1. The van der Waals surface area contributed by atoms with Gasteiger partial charge in [0.05, 0.1) is 7.11 Å². The van der Waals surface area contributed by atoms with Crippen molar-refractivity contribution in [2.75, 3.05) is 38.2 Å². The summed E-state index contributed by atoms with van der Waals surface area (Å²) in [5.41, 5.74) is 0.341. The van der Waals surface area contributed by atoms with Crippen molar-refractivity contribution in [1.29, 1.82) is 0 Å². The maximum absolute atomic E-state index is 13.0. The van der Waals surface area contributed by atoms with Gasteiger partial charge in [0.25, 0.3) is 5.91 Å². The van der Waals surface area contributed by atoms with E-state index in [1.165, 1.54) is 13.2 Å². The number of amides is 1. The average molecular weight is 417 g/mol. The summed E-state index contributed by atoms with van der Waals surface area (Å²) in [5, 5.41) is 0. The van der Waals surface area contributed by atoms with Crippen LogP contribution in [0.2, 0.25) is 0 Å². The van der Waals surface area contributed by atoms with Crippen LogP contribution in [0.25, 0.3) is 0 Å². The first-order chi connectivity index (χ1) is 14.0. The van der Waals surface area contributed by atoms with E-state index in [1.54, 1.807) is 23.2 Å². The van der Waals surface area contributed by atoms with Crippen LogP contribution in [0.4, 0.5) is 5.82 Å². The van der Waals surface area contributed by atoms with E-state index in [4.69, 9.17) is 4.74 Å². The monoisotopic (exact) mass is 416 g/mol. The number of benzene rings is 1. The van der Waals surface area contributed by atoms with Gasteiger partial charge in [-0.25, -0.2) is 18.1 Å². The minimum Gasteiger partial charge on any atom is -0.495 e. The second kappa shape index (κ2) is 8.00. The molecule has 154 valence electrons. The fourth-order valence-corrected chi connectivity index (χ4v) is 4.87. The lowest BCUT2D eigenvalue weighted by Crippen LogP contribution is -2.49. The highest BCUT2D eigenvalue weighted by atomic mass is 32.2. The molecule has 1 aliphatic carbocycles. The van der Waals surface area contributed by atoms with Crippen LogP contribution in [0.5, 0.6) is 5.75 Å². The number of piperazine rings is 1. The van der Waals surface area contributed by atoms with Crippen LogP contribution in [0.3, 0.4) is 0 Å². The third-order valence-corrected chi connectivity index (χ3v) is 6.68. The highest BCUT2D eigenvalue weighted by Gasteiger charge is 2.31. The summed E-state index contributed by atoms with van der Waals surface area (Å²) >= 11 is 0. The summed E-state index contributed by atoms with van der Waals surface area (Å²) in [7, 11) is -2.31. The van der Waals surface area contributed by atoms with Crippen molar-refractivity contribution in [3.8, 4) is 5.75 Å². The molecular formula is C20H24N4O4S. The molecule has 1 aromatic heterocycles. The van der Waals surface area contributed by atoms with E-state index >= 15 is 0 Å². The lowest BCUT2D eigenvalue weighted by atomic mass is 10.1. The van der Waals surface area contributed by atoms with Crippen LogP contribution < -0.4 is 14.4 Å². The van der Waals surface area contributed by atoms with Crippen LogP contribution >= 0.6 is 0 Å². The molecule has 29 heavy (non-hydrogen) atoms.